The van der Waals surface area contributed by atoms with Crippen LogP contribution < -0.4 is 5.73 Å². The van der Waals surface area contributed by atoms with Gasteiger partial charge in [-0.3, -0.25) is 0 Å². The summed E-state index contributed by atoms with van der Waals surface area (Å²) in [4.78, 5) is 4.02. The molecule has 0 amide bonds. The van der Waals surface area contributed by atoms with Crippen LogP contribution in [0.15, 0.2) is 12.3 Å². The lowest BCUT2D eigenvalue weighted by atomic mass is 10.0. The third-order valence-corrected chi connectivity index (χ3v) is 6.58. The third-order valence-electron chi connectivity index (χ3n) is 3.04. The number of halogens is 1. The molecule has 6 heteroatoms. The molecule has 1 aliphatic rings. The zero-order chi connectivity index (χ0) is 13.1. The van der Waals surface area contributed by atoms with Crippen molar-refractivity contribution < 1.29 is 5.11 Å². The second kappa shape index (κ2) is 6.37. The number of pyridine rings is 1. The highest BCUT2D eigenvalue weighted by Crippen LogP contribution is 2.41. The first-order valence-electron chi connectivity index (χ1n) is 5.95. The zero-order valence-electron chi connectivity index (χ0n) is 10.2. The topological polar surface area (TPSA) is 59.1 Å². The predicted molar refractivity (Wildman–Crippen MR) is 81.4 cm³/mol. The first kappa shape index (κ1) is 14.3. The fraction of sp³-hybridized carbons (Fsp3) is 0.583. The number of hydrogen-bond acceptors (Lipinski definition) is 5. The Morgan fingerprint density at radius 2 is 2.28 bits per heavy atom. The molecule has 3 atom stereocenters. The minimum Gasteiger partial charge on any atom is -0.387 e. The summed E-state index contributed by atoms with van der Waals surface area (Å²) >= 11 is 9.67. The standard InChI is InChI=1S/C12H17ClN2OS2/c1-2-9-11(18-4-3-17-9)10(16)8-5-7(13)6-15-12(8)14/h5-6,9-11,16H,2-4H2,1H3,(H2,14,15). The molecule has 3 nitrogen and oxygen atoms in total. The zero-order valence-corrected chi connectivity index (χ0v) is 12.6. The van der Waals surface area contributed by atoms with E-state index in [0.717, 1.165) is 17.9 Å². The van der Waals surface area contributed by atoms with Crippen molar-refractivity contribution in [2.45, 2.75) is 29.9 Å². The Morgan fingerprint density at radius 3 is 3.00 bits per heavy atom. The van der Waals surface area contributed by atoms with Crippen LogP contribution in [0, 0.1) is 0 Å². The lowest BCUT2D eigenvalue weighted by molar-refractivity contribution is 0.173. The summed E-state index contributed by atoms with van der Waals surface area (Å²) in [6.45, 7) is 2.16. The van der Waals surface area contributed by atoms with E-state index in [2.05, 4.69) is 11.9 Å². The number of aromatic nitrogens is 1. The van der Waals surface area contributed by atoms with Crippen molar-refractivity contribution in [3.63, 3.8) is 0 Å². The van der Waals surface area contributed by atoms with E-state index < -0.39 is 6.10 Å². The minimum absolute atomic E-state index is 0.163. The average molecular weight is 305 g/mol. The summed E-state index contributed by atoms with van der Waals surface area (Å²) in [7, 11) is 0. The van der Waals surface area contributed by atoms with Gasteiger partial charge in [0.15, 0.2) is 0 Å². The van der Waals surface area contributed by atoms with Crippen molar-refractivity contribution in [3.8, 4) is 0 Å². The number of nitrogens with two attached hydrogens (primary N) is 1. The molecule has 1 aliphatic heterocycles. The highest BCUT2D eigenvalue weighted by atomic mass is 35.5. The Morgan fingerprint density at radius 1 is 1.56 bits per heavy atom. The van der Waals surface area contributed by atoms with Crippen LogP contribution in [0.2, 0.25) is 5.02 Å². The Bertz CT molecular complexity index is 419. The summed E-state index contributed by atoms with van der Waals surface area (Å²) < 4.78 is 0. The molecule has 1 aromatic rings. The van der Waals surface area contributed by atoms with Crippen LogP contribution in [-0.2, 0) is 0 Å². The number of aliphatic hydroxyl groups is 1. The first-order chi connectivity index (χ1) is 8.63. The molecule has 3 N–H and O–H groups in total. The summed E-state index contributed by atoms with van der Waals surface area (Å²) in [5.74, 6) is 2.59. The van der Waals surface area contributed by atoms with Gasteiger partial charge >= 0.3 is 0 Å². The fourth-order valence-corrected chi connectivity index (χ4v) is 5.40. The Hall–Kier alpha value is -0.100. The molecular formula is C12H17ClN2OS2. The minimum atomic E-state index is -0.598. The highest BCUT2D eigenvalue weighted by Gasteiger charge is 2.33. The predicted octanol–water partition coefficient (Wildman–Crippen LogP) is 2.98. The van der Waals surface area contributed by atoms with Crippen molar-refractivity contribution in [1.29, 1.82) is 0 Å². The van der Waals surface area contributed by atoms with Gasteiger partial charge in [-0.1, -0.05) is 18.5 Å². The summed E-state index contributed by atoms with van der Waals surface area (Å²) in [5, 5.41) is 11.7. The SMILES string of the molecule is CCC1SCCSC1C(O)c1cc(Cl)cnc1N. The van der Waals surface area contributed by atoms with E-state index in [9.17, 15) is 5.11 Å². The van der Waals surface area contributed by atoms with E-state index in [-0.39, 0.29) is 5.25 Å². The van der Waals surface area contributed by atoms with E-state index in [1.165, 1.54) is 6.20 Å². The molecule has 1 aromatic heterocycles. The van der Waals surface area contributed by atoms with Crippen molar-refractivity contribution in [1.82, 2.24) is 4.98 Å². The number of anilines is 1. The summed E-state index contributed by atoms with van der Waals surface area (Å²) in [5.41, 5.74) is 6.49. The van der Waals surface area contributed by atoms with Gasteiger partial charge in [-0.2, -0.15) is 23.5 Å². The normalized spacial score (nSPS) is 25.9. The second-order valence-electron chi connectivity index (χ2n) is 4.23. The van der Waals surface area contributed by atoms with Crippen LogP contribution in [0.1, 0.15) is 25.0 Å². The first-order valence-corrected chi connectivity index (χ1v) is 8.43. The number of aliphatic hydroxyl groups excluding tert-OH is 1. The van der Waals surface area contributed by atoms with Crippen LogP contribution in [0.3, 0.4) is 0 Å². The molecule has 0 bridgehead atoms. The van der Waals surface area contributed by atoms with Crippen molar-refractivity contribution >= 4 is 40.9 Å². The molecule has 3 unspecified atom stereocenters. The van der Waals surface area contributed by atoms with Gasteiger partial charge in [0, 0.05) is 33.8 Å². The lowest BCUT2D eigenvalue weighted by Gasteiger charge is -2.33. The summed E-state index contributed by atoms with van der Waals surface area (Å²) in [6, 6.07) is 1.72. The van der Waals surface area contributed by atoms with E-state index >= 15 is 0 Å². The Labute approximate surface area is 121 Å². The summed E-state index contributed by atoms with van der Waals surface area (Å²) in [6.07, 6.45) is 1.96. The van der Waals surface area contributed by atoms with Gasteiger partial charge in [-0.25, -0.2) is 4.98 Å². The van der Waals surface area contributed by atoms with Gasteiger partial charge in [0.2, 0.25) is 0 Å². The van der Waals surface area contributed by atoms with Crippen molar-refractivity contribution in [3.05, 3.63) is 22.8 Å². The van der Waals surface area contributed by atoms with Gasteiger partial charge in [-0.05, 0) is 12.5 Å². The van der Waals surface area contributed by atoms with Crippen LogP contribution in [0.25, 0.3) is 0 Å². The van der Waals surface area contributed by atoms with E-state index in [4.69, 9.17) is 17.3 Å². The molecule has 18 heavy (non-hydrogen) atoms. The maximum atomic E-state index is 10.5. The smallest absolute Gasteiger partial charge is 0.129 e. The van der Waals surface area contributed by atoms with Crippen LogP contribution >= 0.6 is 35.1 Å². The van der Waals surface area contributed by atoms with Gasteiger partial charge in [-0.15, -0.1) is 0 Å². The molecule has 0 aliphatic carbocycles. The lowest BCUT2D eigenvalue weighted by Crippen LogP contribution is -2.31. The number of thioether (sulfide) groups is 2. The van der Waals surface area contributed by atoms with Gasteiger partial charge < -0.3 is 10.8 Å². The second-order valence-corrected chi connectivity index (χ2v) is 7.30. The number of nitrogens with zero attached hydrogens (tertiary/aromatic N) is 1. The Kier molecular flexibility index (Phi) is 5.06. The van der Waals surface area contributed by atoms with E-state index in [1.54, 1.807) is 6.07 Å². The molecular weight excluding hydrogens is 288 g/mol. The van der Waals surface area contributed by atoms with Crippen molar-refractivity contribution in [2.75, 3.05) is 17.2 Å². The molecule has 100 valence electrons. The fourth-order valence-electron chi connectivity index (χ4n) is 2.11. The highest BCUT2D eigenvalue weighted by molar-refractivity contribution is 8.07. The van der Waals surface area contributed by atoms with E-state index in [1.807, 2.05) is 23.5 Å². The monoisotopic (exact) mass is 304 g/mol. The molecule has 1 fully saturated rings. The van der Waals surface area contributed by atoms with Gasteiger partial charge in [0.05, 0.1) is 11.1 Å². The molecule has 0 spiro atoms. The van der Waals surface area contributed by atoms with Crippen LogP contribution in [0.4, 0.5) is 5.82 Å². The van der Waals surface area contributed by atoms with Gasteiger partial charge in [0.25, 0.3) is 0 Å². The third kappa shape index (κ3) is 3.07. The molecule has 0 aromatic carbocycles. The molecule has 2 heterocycles. The molecule has 0 radical (unpaired) electrons. The number of hydrogen-bond donors (Lipinski definition) is 2. The maximum Gasteiger partial charge on any atom is 0.129 e. The van der Waals surface area contributed by atoms with E-state index in [0.29, 0.717) is 21.7 Å². The number of rotatable bonds is 3. The van der Waals surface area contributed by atoms with Crippen LogP contribution in [-0.4, -0.2) is 32.1 Å². The molecule has 2 rings (SSSR count). The van der Waals surface area contributed by atoms with Gasteiger partial charge in [0.1, 0.15) is 5.82 Å². The average Bonchev–Trinajstić information content (AvgIpc) is 2.40. The molecule has 1 saturated heterocycles. The quantitative estimate of drug-likeness (QED) is 0.899. The largest absolute Gasteiger partial charge is 0.387 e. The number of nitrogen functional groups attached to an aromatic ring is 1. The molecule has 0 saturated carbocycles. The Balaban J connectivity index is 2.23. The van der Waals surface area contributed by atoms with Crippen LogP contribution in [0.5, 0.6) is 0 Å². The van der Waals surface area contributed by atoms with Crippen molar-refractivity contribution in [2.24, 2.45) is 0 Å². The maximum absolute atomic E-state index is 10.5.